The van der Waals surface area contributed by atoms with E-state index in [1.165, 1.54) is 48.0 Å². The van der Waals surface area contributed by atoms with Crippen LogP contribution >= 0.6 is 15.9 Å². The van der Waals surface area contributed by atoms with Gasteiger partial charge in [0.25, 0.3) is 0 Å². The second-order valence-corrected chi connectivity index (χ2v) is 10.2. The maximum Gasteiger partial charge on any atom is 0.160 e. The van der Waals surface area contributed by atoms with Gasteiger partial charge in [0.15, 0.2) is 11.6 Å². The maximum absolute atomic E-state index is 14.5. The number of aromatic nitrogens is 3. The lowest BCUT2D eigenvalue weighted by molar-refractivity contribution is 0.0839. The van der Waals surface area contributed by atoms with E-state index in [1.807, 2.05) is 6.20 Å². The first-order valence-electron chi connectivity index (χ1n) is 11.9. The number of rotatable bonds is 3. The van der Waals surface area contributed by atoms with Crippen molar-refractivity contribution < 1.29 is 13.5 Å². The number of halogens is 3. The van der Waals surface area contributed by atoms with Gasteiger partial charge in [0.05, 0.1) is 21.7 Å². The van der Waals surface area contributed by atoms with Crippen LogP contribution in [-0.4, -0.2) is 28.0 Å². The molecule has 1 saturated heterocycles. The Labute approximate surface area is 199 Å². The van der Waals surface area contributed by atoms with Gasteiger partial charge in [-0.3, -0.25) is 5.10 Å². The summed E-state index contributed by atoms with van der Waals surface area (Å²) in [6, 6.07) is 6.39. The van der Waals surface area contributed by atoms with Crippen molar-refractivity contribution >= 4 is 37.7 Å². The standard InChI is InChI=1S/C26H26BrF2N3O/c27-24-23-21(12-17-14-30-31-25(17)24)32(18-6-7-19(28)20(29)13-18)26(16-8-10-33-11-9-16)22(23)15-4-2-1-3-5-15/h6-7,12-16H,1-5,8-11H2,(H,30,31). The average molecular weight is 514 g/mol. The predicted molar refractivity (Wildman–Crippen MR) is 129 cm³/mol. The van der Waals surface area contributed by atoms with Crippen molar-refractivity contribution in [3.8, 4) is 5.69 Å². The van der Waals surface area contributed by atoms with E-state index >= 15 is 0 Å². The molecule has 33 heavy (non-hydrogen) atoms. The average Bonchev–Trinajstić information content (AvgIpc) is 3.45. The molecule has 0 atom stereocenters. The van der Waals surface area contributed by atoms with E-state index in [-0.39, 0.29) is 0 Å². The van der Waals surface area contributed by atoms with Crippen LogP contribution in [0.25, 0.3) is 27.5 Å². The van der Waals surface area contributed by atoms with Gasteiger partial charge in [0, 0.05) is 47.4 Å². The Kier molecular flexibility index (Phi) is 5.49. The topological polar surface area (TPSA) is 42.8 Å². The Morgan fingerprint density at radius 2 is 1.76 bits per heavy atom. The Balaban J connectivity index is 1.73. The van der Waals surface area contributed by atoms with E-state index in [2.05, 4.69) is 36.8 Å². The highest BCUT2D eigenvalue weighted by molar-refractivity contribution is 9.10. The highest BCUT2D eigenvalue weighted by Crippen LogP contribution is 2.49. The second-order valence-electron chi connectivity index (χ2n) is 9.37. The molecule has 7 heteroatoms. The molecule has 1 N–H and O–H groups in total. The van der Waals surface area contributed by atoms with E-state index in [0.717, 1.165) is 59.8 Å². The molecular weight excluding hydrogens is 488 g/mol. The third-order valence-electron chi connectivity index (χ3n) is 7.47. The molecule has 3 heterocycles. The van der Waals surface area contributed by atoms with Crippen LogP contribution in [0.1, 0.15) is 68.0 Å². The van der Waals surface area contributed by atoms with E-state index in [1.54, 1.807) is 6.07 Å². The SMILES string of the molecule is Fc1ccc(-n2c(C3CCOCC3)c(C3CCCCC3)c3c(Br)c4[nH]ncc4cc32)cc1F. The lowest BCUT2D eigenvalue weighted by Gasteiger charge is -2.29. The second kappa shape index (κ2) is 8.51. The number of fused-ring (bicyclic) bond motifs is 2. The number of nitrogens with one attached hydrogen (secondary N) is 1. The lowest BCUT2D eigenvalue weighted by Crippen LogP contribution is -2.19. The quantitative estimate of drug-likeness (QED) is 0.308. The summed E-state index contributed by atoms with van der Waals surface area (Å²) in [6.07, 6.45) is 9.70. The summed E-state index contributed by atoms with van der Waals surface area (Å²) in [5, 5.41) is 9.56. The van der Waals surface area contributed by atoms with Crippen molar-refractivity contribution in [1.29, 1.82) is 0 Å². The summed E-state index contributed by atoms with van der Waals surface area (Å²) < 4.78 is 37.2. The van der Waals surface area contributed by atoms with Gasteiger partial charge in [-0.15, -0.1) is 0 Å². The van der Waals surface area contributed by atoms with Gasteiger partial charge in [0.2, 0.25) is 0 Å². The summed E-state index contributed by atoms with van der Waals surface area (Å²) >= 11 is 3.91. The molecule has 2 aromatic heterocycles. The molecule has 0 unspecified atom stereocenters. The Hall–Kier alpha value is -2.25. The maximum atomic E-state index is 14.5. The Morgan fingerprint density at radius 3 is 2.52 bits per heavy atom. The molecule has 1 aliphatic carbocycles. The smallest absolute Gasteiger partial charge is 0.160 e. The highest BCUT2D eigenvalue weighted by Gasteiger charge is 2.33. The van der Waals surface area contributed by atoms with Crippen molar-refractivity contribution in [1.82, 2.24) is 14.8 Å². The monoisotopic (exact) mass is 513 g/mol. The van der Waals surface area contributed by atoms with Crippen molar-refractivity contribution in [3.63, 3.8) is 0 Å². The molecule has 0 spiro atoms. The zero-order valence-electron chi connectivity index (χ0n) is 18.3. The molecule has 2 aliphatic rings. The van der Waals surface area contributed by atoms with Crippen LogP contribution in [-0.2, 0) is 4.74 Å². The number of H-pyrrole nitrogens is 1. The van der Waals surface area contributed by atoms with Crippen LogP contribution in [0.3, 0.4) is 0 Å². The molecule has 4 nitrogen and oxygen atoms in total. The minimum atomic E-state index is -0.825. The first-order valence-corrected chi connectivity index (χ1v) is 12.7. The van der Waals surface area contributed by atoms with Crippen molar-refractivity contribution in [2.45, 2.75) is 56.8 Å². The van der Waals surface area contributed by atoms with Gasteiger partial charge in [0.1, 0.15) is 0 Å². The zero-order chi connectivity index (χ0) is 22.5. The van der Waals surface area contributed by atoms with Crippen LogP contribution in [0.15, 0.2) is 34.9 Å². The van der Waals surface area contributed by atoms with Crippen LogP contribution in [0, 0.1) is 11.6 Å². The van der Waals surface area contributed by atoms with Crippen molar-refractivity contribution in [2.24, 2.45) is 0 Å². The summed E-state index contributed by atoms with van der Waals surface area (Å²) in [6.45, 7) is 1.44. The Morgan fingerprint density at radius 1 is 0.970 bits per heavy atom. The van der Waals surface area contributed by atoms with E-state index in [0.29, 0.717) is 17.5 Å². The van der Waals surface area contributed by atoms with E-state index < -0.39 is 11.6 Å². The van der Waals surface area contributed by atoms with Gasteiger partial charge in [-0.1, -0.05) is 19.3 Å². The number of aromatic amines is 1. The first-order chi connectivity index (χ1) is 16.1. The van der Waals surface area contributed by atoms with Gasteiger partial charge in [-0.25, -0.2) is 8.78 Å². The Bertz CT molecular complexity index is 1330. The molecule has 172 valence electrons. The molecule has 2 aromatic carbocycles. The number of hydrogen-bond acceptors (Lipinski definition) is 2. The molecule has 2 fully saturated rings. The van der Waals surface area contributed by atoms with Crippen LogP contribution in [0.5, 0.6) is 0 Å². The summed E-state index contributed by atoms with van der Waals surface area (Å²) in [5.74, 6) is -0.898. The molecule has 0 amide bonds. The lowest BCUT2D eigenvalue weighted by atomic mass is 9.80. The summed E-state index contributed by atoms with van der Waals surface area (Å²) in [5.41, 5.74) is 5.26. The molecule has 1 saturated carbocycles. The van der Waals surface area contributed by atoms with Crippen LogP contribution in [0.4, 0.5) is 8.78 Å². The molecular formula is C26H26BrF2N3O. The summed E-state index contributed by atoms with van der Waals surface area (Å²) in [7, 11) is 0. The minimum absolute atomic E-state index is 0.305. The van der Waals surface area contributed by atoms with Crippen molar-refractivity contribution in [2.75, 3.05) is 13.2 Å². The third-order valence-corrected chi connectivity index (χ3v) is 8.26. The zero-order valence-corrected chi connectivity index (χ0v) is 19.9. The van der Waals surface area contributed by atoms with E-state index in [9.17, 15) is 8.78 Å². The van der Waals surface area contributed by atoms with Gasteiger partial charge in [-0.05, 0) is 71.3 Å². The van der Waals surface area contributed by atoms with E-state index in [4.69, 9.17) is 4.74 Å². The molecule has 6 rings (SSSR count). The fourth-order valence-electron chi connectivity index (χ4n) is 5.93. The van der Waals surface area contributed by atoms with Crippen LogP contribution in [0.2, 0.25) is 0 Å². The first kappa shape index (κ1) is 21.3. The fourth-order valence-corrected chi connectivity index (χ4v) is 6.66. The van der Waals surface area contributed by atoms with Gasteiger partial charge in [-0.2, -0.15) is 5.10 Å². The fraction of sp³-hybridized carbons (Fsp3) is 0.423. The molecule has 4 aromatic rings. The number of hydrogen-bond donors (Lipinski definition) is 1. The molecule has 0 radical (unpaired) electrons. The molecule has 0 bridgehead atoms. The van der Waals surface area contributed by atoms with Crippen molar-refractivity contribution in [3.05, 3.63) is 57.8 Å². The largest absolute Gasteiger partial charge is 0.381 e. The van der Waals surface area contributed by atoms with Crippen LogP contribution < -0.4 is 0 Å². The number of ether oxygens (including phenoxy) is 1. The number of benzene rings is 2. The molecule has 1 aliphatic heterocycles. The normalized spacial score (nSPS) is 18.5. The number of nitrogens with zero attached hydrogens (tertiary/aromatic N) is 2. The third kappa shape index (κ3) is 3.51. The highest BCUT2D eigenvalue weighted by atomic mass is 79.9. The minimum Gasteiger partial charge on any atom is -0.381 e. The predicted octanol–water partition coefficient (Wildman–Crippen LogP) is 7.49. The van der Waals surface area contributed by atoms with Gasteiger partial charge < -0.3 is 9.30 Å². The summed E-state index contributed by atoms with van der Waals surface area (Å²) in [4.78, 5) is 0. The van der Waals surface area contributed by atoms with Gasteiger partial charge >= 0.3 is 0 Å².